The van der Waals surface area contributed by atoms with Crippen molar-refractivity contribution in [1.82, 2.24) is 20.6 Å². The van der Waals surface area contributed by atoms with Crippen molar-refractivity contribution in [3.8, 4) is 0 Å². The summed E-state index contributed by atoms with van der Waals surface area (Å²) in [5, 5.41) is 15.4. The van der Waals surface area contributed by atoms with Gasteiger partial charge in [0.2, 0.25) is 5.96 Å². The van der Waals surface area contributed by atoms with Crippen molar-refractivity contribution in [1.29, 1.82) is 0 Å². The van der Waals surface area contributed by atoms with Gasteiger partial charge in [-0.25, -0.2) is 9.98 Å². The second kappa shape index (κ2) is 6.81. The van der Waals surface area contributed by atoms with Crippen LogP contribution in [-0.4, -0.2) is 33.5 Å². The molecule has 0 saturated carbocycles. The van der Waals surface area contributed by atoms with Crippen LogP contribution in [0.3, 0.4) is 0 Å². The minimum atomic E-state index is -0.352. The highest BCUT2D eigenvalue weighted by Gasteiger charge is 2.22. The largest absolute Gasteiger partial charge is 0.394 e. The van der Waals surface area contributed by atoms with Gasteiger partial charge < -0.3 is 15.4 Å². The molecule has 4 N–H and O–H groups in total. The Labute approximate surface area is 149 Å². The fourth-order valence-electron chi connectivity index (χ4n) is 2.82. The molecule has 1 amide bonds. The number of aromatic nitrogens is 2. The summed E-state index contributed by atoms with van der Waals surface area (Å²) >= 11 is 0. The van der Waals surface area contributed by atoms with Crippen LogP contribution in [0.5, 0.6) is 0 Å². The topological polar surface area (TPSA) is 102 Å². The molecule has 0 aliphatic carbocycles. The average Bonchev–Trinajstić information content (AvgIpc) is 3.26. The first kappa shape index (κ1) is 16.0. The van der Waals surface area contributed by atoms with Gasteiger partial charge in [-0.15, -0.1) is 0 Å². The van der Waals surface area contributed by atoms with E-state index < -0.39 is 0 Å². The van der Waals surface area contributed by atoms with Crippen molar-refractivity contribution < 1.29 is 9.90 Å². The zero-order valence-electron chi connectivity index (χ0n) is 13.8. The van der Waals surface area contributed by atoms with Gasteiger partial charge in [-0.2, -0.15) is 0 Å². The predicted octanol–water partition coefficient (Wildman–Crippen LogP) is 1.71. The third-order valence-corrected chi connectivity index (χ3v) is 4.14. The standard InChI is InChI=1S/C19H17N5O2/c25-10-17(13-4-2-1-3-5-13)23-19-22-16(18(26)24-19)9-12-6-7-14-15(8-12)21-11-20-14/h1-9,11,17,25H,10H2,(H,20,21)(H2,22,23,24,26)/b16-9-/t17-/m1/s1. The summed E-state index contributed by atoms with van der Waals surface area (Å²) in [7, 11) is 0. The number of rotatable bonds is 4. The molecule has 2 aromatic carbocycles. The molecule has 0 fully saturated rings. The zero-order chi connectivity index (χ0) is 17.9. The van der Waals surface area contributed by atoms with Crippen LogP contribution in [0.25, 0.3) is 17.1 Å². The Morgan fingerprint density at radius 1 is 1.19 bits per heavy atom. The number of amides is 1. The first-order valence-electron chi connectivity index (χ1n) is 8.20. The number of imidazole rings is 1. The van der Waals surface area contributed by atoms with E-state index in [2.05, 4.69) is 25.6 Å². The van der Waals surface area contributed by atoms with Crippen LogP contribution >= 0.6 is 0 Å². The molecule has 2 heterocycles. The van der Waals surface area contributed by atoms with Gasteiger partial charge in [-0.1, -0.05) is 36.4 Å². The molecule has 0 spiro atoms. The molecule has 0 radical (unpaired) electrons. The molecule has 0 saturated heterocycles. The van der Waals surface area contributed by atoms with E-state index in [4.69, 9.17) is 0 Å². The third kappa shape index (κ3) is 3.20. The Morgan fingerprint density at radius 2 is 2.04 bits per heavy atom. The molecular weight excluding hydrogens is 330 g/mol. The number of fused-ring (bicyclic) bond motifs is 1. The highest BCUT2D eigenvalue weighted by molar-refractivity contribution is 6.13. The van der Waals surface area contributed by atoms with E-state index in [1.165, 1.54) is 0 Å². The third-order valence-electron chi connectivity index (χ3n) is 4.14. The fraction of sp³-hybridized carbons (Fsp3) is 0.105. The van der Waals surface area contributed by atoms with E-state index in [9.17, 15) is 9.90 Å². The van der Waals surface area contributed by atoms with Crippen LogP contribution in [0.15, 0.2) is 65.5 Å². The van der Waals surface area contributed by atoms with Crippen LogP contribution in [0.4, 0.5) is 0 Å². The van der Waals surface area contributed by atoms with Crippen molar-refractivity contribution in [2.24, 2.45) is 4.99 Å². The highest BCUT2D eigenvalue weighted by atomic mass is 16.3. The summed E-state index contributed by atoms with van der Waals surface area (Å²) in [6.07, 6.45) is 3.33. The van der Waals surface area contributed by atoms with Crippen LogP contribution in [0.2, 0.25) is 0 Å². The lowest BCUT2D eigenvalue weighted by molar-refractivity contribution is -0.115. The van der Waals surface area contributed by atoms with Gasteiger partial charge >= 0.3 is 0 Å². The second-order valence-corrected chi connectivity index (χ2v) is 5.91. The van der Waals surface area contributed by atoms with Gasteiger partial charge in [0.15, 0.2) is 0 Å². The number of aromatic amines is 1. The van der Waals surface area contributed by atoms with Gasteiger partial charge in [0, 0.05) is 0 Å². The molecule has 7 heteroatoms. The summed E-state index contributed by atoms with van der Waals surface area (Å²) in [5.41, 5.74) is 3.80. The van der Waals surface area contributed by atoms with E-state index in [0.29, 0.717) is 11.7 Å². The number of aliphatic imine (C=N–C) groups is 1. The number of carbonyl (C=O) groups is 1. The quantitative estimate of drug-likeness (QED) is 0.540. The Bertz CT molecular complexity index is 1010. The number of H-pyrrole nitrogens is 1. The molecule has 4 rings (SSSR count). The number of guanidine groups is 1. The normalized spacial score (nSPS) is 16.6. The Morgan fingerprint density at radius 3 is 2.85 bits per heavy atom. The Kier molecular flexibility index (Phi) is 4.20. The first-order valence-corrected chi connectivity index (χ1v) is 8.20. The smallest absolute Gasteiger partial charge is 0.276 e. The Balaban J connectivity index is 1.56. The minimum Gasteiger partial charge on any atom is -0.394 e. The van der Waals surface area contributed by atoms with Crippen LogP contribution < -0.4 is 10.6 Å². The Hall–Kier alpha value is -3.45. The average molecular weight is 347 g/mol. The van der Waals surface area contributed by atoms with E-state index in [0.717, 1.165) is 22.2 Å². The lowest BCUT2D eigenvalue weighted by Crippen LogP contribution is -2.39. The molecule has 26 heavy (non-hydrogen) atoms. The van der Waals surface area contributed by atoms with E-state index in [1.54, 1.807) is 12.4 Å². The summed E-state index contributed by atoms with van der Waals surface area (Å²) in [6, 6.07) is 14.8. The second-order valence-electron chi connectivity index (χ2n) is 5.91. The molecule has 1 aliphatic heterocycles. The maximum atomic E-state index is 12.2. The van der Waals surface area contributed by atoms with E-state index in [-0.39, 0.29) is 18.6 Å². The molecule has 1 aliphatic rings. The van der Waals surface area contributed by atoms with Gasteiger partial charge in [0.25, 0.3) is 5.91 Å². The molecule has 7 nitrogen and oxygen atoms in total. The van der Waals surface area contributed by atoms with E-state index >= 15 is 0 Å². The van der Waals surface area contributed by atoms with Crippen molar-refractivity contribution in [3.63, 3.8) is 0 Å². The predicted molar refractivity (Wildman–Crippen MR) is 99.1 cm³/mol. The number of aliphatic hydroxyl groups is 1. The van der Waals surface area contributed by atoms with Crippen LogP contribution in [0.1, 0.15) is 17.2 Å². The van der Waals surface area contributed by atoms with Crippen molar-refractivity contribution >= 4 is 29.0 Å². The van der Waals surface area contributed by atoms with Crippen LogP contribution in [-0.2, 0) is 4.79 Å². The monoisotopic (exact) mass is 347 g/mol. The first-order chi connectivity index (χ1) is 12.7. The fourth-order valence-corrected chi connectivity index (χ4v) is 2.82. The van der Waals surface area contributed by atoms with E-state index in [1.807, 2.05) is 48.5 Å². The minimum absolute atomic E-state index is 0.117. The van der Waals surface area contributed by atoms with Gasteiger partial charge in [0.1, 0.15) is 5.70 Å². The maximum Gasteiger partial charge on any atom is 0.276 e. The summed E-state index contributed by atoms with van der Waals surface area (Å²) in [4.78, 5) is 23.7. The number of nitrogens with zero attached hydrogens (tertiary/aromatic N) is 2. The highest BCUT2D eigenvalue weighted by Crippen LogP contribution is 2.17. The molecular formula is C19H17N5O2. The van der Waals surface area contributed by atoms with Gasteiger partial charge in [-0.05, 0) is 29.3 Å². The summed E-state index contributed by atoms with van der Waals surface area (Å²) in [6.45, 7) is -0.117. The van der Waals surface area contributed by atoms with Crippen molar-refractivity contribution in [2.45, 2.75) is 6.04 Å². The molecule has 1 aromatic heterocycles. The van der Waals surface area contributed by atoms with Crippen molar-refractivity contribution in [3.05, 3.63) is 71.7 Å². The number of aliphatic hydroxyl groups excluding tert-OH is 1. The van der Waals surface area contributed by atoms with Crippen LogP contribution in [0, 0.1) is 0 Å². The number of hydrogen-bond donors (Lipinski definition) is 4. The summed E-state index contributed by atoms with van der Waals surface area (Å²) in [5.74, 6) is 0.0318. The SMILES string of the molecule is O=C1NC(N[C@H](CO)c2ccccc2)=N/C1=C\c1ccc2[nH]cnc2c1. The number of carbonyl (C=O) groups excluding carboxylic acids is 1. The van der Waals surface area contributed by atoms with Gasteiger partial charge in [-0.3, -0.25) is 10.1 Å². The molecule has 130 valence electrons. The molecule has 0 bridgehead atoms. The van der Waals surface area contributed by atoms with Crippen molar-refractivity contribution in [2.75, 3.05) is 6.61 Å². The molecule has 3 aromatic rings. The number of benzene rings is 2. The lowest BCUT2D eigenvalue weighted by Gasteiger charge is -2.17. The number of hydrogen-bond acceptors (Lipinski definition) is 5. The summed E-state index contributed by atoms with van der Waals surface area (Å²) < 4.78 is 0. The zero-order valence-corrected chi connectivity index (χ0v) is 13.8. The maximum absolute atomic E-state index is 12.2. The molecule has 0 unspecified atom stereocenters. The lowest BCUT2D eigenvalue weighted by atomic mass is 10.1. The van der Waals surface area contributed by atoms with Gasteiger partial charge in [0.05, 0.1) is 30.0 Å². The number of nitrogens with one attached hydrogen (secondary N) is 3. The molecule has 1 atom stereocenters.